The van der Waals surface area contributed by atoms with Gasteiger partial charge in [-0.05, 0) is 23.8 Å². The summed E-state index contributed by atoms with van der Waals surface area (Å²) in [6.45, 7) is 11.0. The molecule has 1 aromatic rings. The van der Waals surface area contributed by atoms with Gasteiger partial charge in [0.1, 0.15) is 5.56 Å². The molecule has 0 fully saturated rings. The molecule has 0 aliphatic heterocycles. The summed E-state index contributed by atoms with van der Waals surface area (Å²) in [7, 11) is 0. The van der Waals surface area contributed by atoms with Crippen molar-refractivity contribution in [1.29, 1.82) is 0 Å². The maximum Gasteiger partial charge on any atom is 0.283 e. The van der Waals surface area contributed by atoms with E-state index in [2.05, 4.69) is 0 Å². The molecule has 0 atom stereocenters. The van der Waals surface area contributed by atoms with Crippen molar-refractivity contribution >= 4 is 11.4 Å². The van der Waals surface area contributed by atoms with E-state index in [1.165, 1.54) is 0 Å². The molecule has 0 aliphatic carbocycles. The minimum atomic E-state index is -0.484. The summed E-state index contributed by atoms with van der Waals surface area (Å²) in [5.41, 5.74) is 1.17. The van der Waals surface area contributed by atoms with Crippen molar-refractivity contribution in [2.24, 2.45) is 0 Å². The second-order valence-corrected chi connectivity index (χ2v) is 6.14. The number of benzene rings is 1. The SMILES string of the molecule is CC(C)c1cc(C(C)C)c([N+](=O)[O-])c(C(C)C)c1[N+](=O)[O-]. The van der Waals surface area contributed by atoms with Gasteiger partial charge in [-0.1, -0.05) is 41.5 Å². The molecule has 0 heterocycles. The predicted octanol–water partition coefficient (Wildman–Crippen LogP) is 4.87. The van der Waals surface area contributed by atoms with Gasteiger partial charge in [0.15, 0.2) is 0 Å². The molecule has 0 aromatic heterocycles. The smallest absolute Gasteiger partial charge is 0.258 e. The fourth-order valence-electron chi connectivity index (χ4n) is 2.56. The monoisotopic (exact) mass is 294 g/mol. The first-order valence-corrected chi connectivity index (χ1v) is 7.08. The third-order valence-electron chi connectivity index (χ3n) is 3.55. The molecule has 21 heavy (non-hydrogen) atoms. The molecule has 0 amide bonds. The Morgan fingerprint density at radius 1 is 0.762 bits per heavy atom. The lowest BCUT2D eigenvalue weighted by Gasteiger charge is -2.18. The van der Waals surface area contributed by atoms with Gasteiger partial charge in [-0.2, -0.15) is 0 Å². The summed E-state index contributed by atoms with van der Waals surface area (Å²) in [6, 6.07) is 1.64. The number of hydrogen-bond donors (Lipinski definition) is 0. The van der Waals surface area contributed by atoms with Crippen LogP contribution in [0.25, 0.3) is 0 Å². The summed E-state index contributed by atoms with van der Waals surface area (Å²) in [5.74, 6) is -0.426. The van der Waals surface area contributed by atoms with Crippen molar-refractivity contribution in [2.45, 2.75) is 59.3 Å². The molecule has 0 saturated heterocycles. The molecule has 116 valence electrons. The van der Waals surface area contributed by atoms with Crippen LogP contribution in [0.1, 0.15) is 76.0 Å². The quantitative estimate of drug-likeness (QED) is 0.572. The number of hydrogen-bond acceptors (Lipinski definition) is 4. The minimum Gasteiger partial charge on any atom is -0.258 e. The third-order valence-corrected chi connectivity index (χ3v) is 3.55. The molecule has 1 aromatic carbocycles. The minimum absolute atomic E-state index is 0.0683. The van der Waals surface area contributed by atoms with E-state index in [4.69, 9.17) is 0 Å². The second kappa shape index (κ2) is 6.20. The van der Waals surface area contributed by atoms with Crippen molar-refractivity contribution < 1.29 is 9.85 Å². The van der Waals surface area contributed by atoms with Gasteiger partial charge < -0.3 is 0 Å². The molecular formula is C15H22N2O4. The average molecular weight is 294 g/mol. The Morgan fingerprint density at radius 2 is 1.10 bits per heavy atom. The van der Waals surface area contributed by atoms with Crippen molar-refractivity contribution in [2.75, 3.05) is 0 Å². The largest absolute Gasteiger partial charge is 0.283 e. The van der Waals surface area contributed by atoms with E-state index in [0.717, 1.165) is 0 Å². The van der Waals surface area contributed by atoms with Gasteiger partial charge in [-0.25, -0.2) is 0 Å². The molecule has 0 saturated carbocycles. The van der Waals surface area contributed by atoms with Crippen LogP contribution in [-0.4, -0.2) is 9.85 Å². The topological polar surface area (TPSA) is 86.3 Å². The molecule has 0 unspecified atom stereocenters. The lowest BCUT2D eigenvalue weighted by Crippen LogP contribution is -2.10. The van der Waals surface area contributed by atoms with Gasteiger partial charge >= 0.3 is 0 Å². The molecule has 0 radical (unpaired) electrons. The van der Waals surface area contributed by atoms with Crippen LogP contribution in [0.2, 0.25) is 0 Å². The maximum atomic E-state index is 11.5. The van der Waals surface area contributed by atoms with Crippen molar-refractivity contribution in [1.82, 2.24) is 0 Å². The van der Waals surface area contributed by atoms with Crippen LogP contribution in [0.15, 0.2) is 6.07 Å². The van der Waals surface area contributed by atoms with Crippen LogP contribution in [0.3, 0.4) is 0 Å². The number of nitro groups is 2. The van der Waals surface area contributed by atoms with E-state index in [0.29, 0.717) is 11.1 Å². The Balaban J connectivity index is 3.99. The highest BCUT2D eigenvalue weighted by atomic mass is 16.6. The van der Waals surface area contributed by atoms with E-state index in [1.54, 1.807) is 19.9 Å². The summed E-state index contributed by atoms with van der Waals surface area (Å²) in [6.07, 6.45) is 0. The predicted molar refractivity (Wildman–Crippen MR) is 82.0 cm³/mol. The van der Waals surface area contributed by atoms with Gasteiger partial charge in [-0.15, -0.1) is 0 Å². The Labute approximate surface area is 124 Å². The van der Waals surface area contributed by atoms with Crippen molar-refractivity contribution in [3.63, 3.8) is 0 Å². The third kappa shape index (κ3) is 3.20. The van der Waals surface area contributed by atoms with E-state index < -0.39 is 9.85 Å². The normalized spacial score (nSPS) is 11.5. The van der Waals surface area contributed by atoms with Crippen LogP contribution < -0.4 is 0 Å². The Kier molecular flexibility index (Phi) is 5.04. The molecule has 6 heteroatoms. The van der Waals surface area contributed by atoms with E-state index in [1.807, 2.05) is 27.7 Å². The van der Waals surface area contributed by atoms with Gasteiger partial charge in [0.05, 0.1) is 9.85 Å². The van der Waals surface area contributed by atoms with Crippen LogP contribution in [0.5, 0.6) is 0 Å². The van der Waals surface area contributed by atoms with Gasteiger partial charge in [-0.3, -0.25) is 20.2 Å². The number of rotatable bonds is 5. The van der Waals surface area contributed by atoms with Crippen LogP contribution in [0, 0.1) is 20.2 Å². The Bertz CT molecular complexity index is 533. The zero-order valence-corrected chi connectivity index (χ0v) is 13.3. The van der Waals surface area contributed by atoms with Crippen LogP contribution in [0.4, 0.5) is 11.4 Å². The fraction of sp³-hybridized carbons (Fsp3) is 0.600. The summed E-state index contributed by atoms with van der Waals surface area (Å²) in [4.78, 5) is 22.0. The molecule has 0 spiro atoms. The summed E-state index contributed by atoms with van der Waals surface area (Å²) >= 11 is 0. The fourth-order valence-corrected chi connectivity index (χ4v) is 2.56. The first kappa shape index (κ1) is 17.1. The lowest BCUT2D eigenvalue weighted by molar-refractivity contribution is -0.396. The van der Waals surface area contributed by atoms with E-state index in [9.17, 15) is 20.2 Å². The highest BCUT2D eigenvalue weighted by molar-refractivity contribution is 5.65. The molecule has 6 nitrogen and oxygen atoms in total. The van der Waals surface area contributed by atoms with Gasteiger partial charge in [0.25, 0.3) is 11.4 Å². The summed E-state index contributed by atoms with van der Waals surface area (Å²) in [5, 5.41) is 23.0. The van der Waals surface area contributed by atoms with Gasteiger partial charge in [0.2, 0.25) is 0 Å². The Morgan fingerprint density at radius 3 is 1.29 bits per heavy atom. The number of nitrogens with zero attached hydrogens (tertiary/aromatic N) is 2. The first-order valence-electron chi connectivity index (χ1n) is 7.08. The highest BCUT2D eigenvalue weighted by Crippen LogP contribution is 2.44. The van der Waals surface area contributed by atoms with E-state index >= 15 is 0 Å². The second-order valence-electron chi connectivity index (χ2n) is 6.14. The molecular weight excluding hydrogens is 272 g/mol. The van der Waals surface area contributed by atoms with Crippen LogP contribution in [-0.2, 0) is 0 Å². The number of nitro benzene ring substituents is 2. The van der Waals surface area contributed by atoms with Crippen molar-refractivity contribution in [3.8, 4) is 0 Å². The molecule has 0 N–H and O–H groups in total. The zero-order valence-electron chi connectivity index (χ0n) is 13.3. The van der Waals surface area contributed by atoms with E-state index in [-0.39, 0.29) is 34.7 Å². The van der Waals surface area contributed by atoms with Crippen molar-refractivity contribution in [3.05, 3.63) is 43.0 Å². The maximum absolute atomic E-state index is 11.5. The molecule has 0 aliphatic rings. The van der Waals surface area contributed by atoms with Crippen LogP contribution >= 0.6 is 0 Å². The highest BCUT2D eigenvalue weighted by Gasteiger charge is 2.35. The summed E-state index contributed by atoms with van der Waals surface area (Å²) < 4.78 is 0. The lowest BCUT2D eigenvalue weighted by atomic mass is 9.85. The standard InChI is InChI=1S/C15H22N2O4/c1-8(2)11-7-12(9(3)4)15(17(20)21)13(10(5)6)14(11)16(18)19/h7-10H,1-6H3. The first-order chi connectivity index (χ1) is 9.59. The Hall–Kier alpha value is -1.98. The van der Waals surface area contributed by atoms with Gasteiger partial charge in [0, 0.05) is 11.1 Å². The average Bonchev–Trinajstić information content (AvgIpc) is 2.34. The molecule has 1 rings (SSSR count). The molecule has 0 bridgehead atoms. The zero-order chi connectivity index (χ0) is 16.5.